The van der Waals surface area contributed by atoms with E-state index >= 15 is 0 Å². The van der Waals surface area contributed by atoms with Crippen LogP contribution in [0, 0.1) is 0 Å². The normalized spacial score (nSPS) is 18.0. The topological polar surface area (TPSA) is 73.9 Å². The number of hydrogen-bond acceptors (Lipinski definition) is 5. The molecule has 7 heteroatoms. The van der Waals surface area contributed by atoms with Crippen LogP contribution in [-0.4, -0.2) is 35.3 Å². The number of benzene rings is 2. The van der Waals surface area contributed by atoms with Crippen LogP contribution in [0.2, 0.25) is 0 Å². The largest absolute Gasteiger partial charge is 0.497 e. The number of rotatable bonds is 6. The van der Waals surface area contributed by atoms with Crippen molar-refractivity contribution in [2.24, 2.45) is 0 Å². The average Bonchev–Trinajstić information content (AvgIpc) is 3.22. The van der Waals surface area contributed by atoms with E-state index in [2.05, 4.69) is 4.72 Å². The molecule has 0 aromatic heterocycles. The molecule has 6 nitrogen and oxygen atoms in total. The summed E-state index contributed by atoms with van der Waals surface area (Å²) in [5.74, 6) is 1.85. The van der Waals surface area contributed by atoms with Gasteiger partial charge in [0, 0.05) is 18.0 Å². The molecule has 0 bridgehead atoms. The summed E-state index contributed by atoms with van der Waals surface area (Å²) in [5.41, 5.74) is 0.961. The molecule has 0 spiro atoms. The van der Waals surface area contributed by atoms with Gasteiger partial charge < -0.3 is 14.2 Å². The third-order valence-electron chi connectivity index (χ3n) is 5.69. The number of sulfonamides is 1. The molecule has 0 radical (unpaired) electrons. The maximum absolute atomic E-state index is 12.9. The predicted molar refractivity (Wildman–Crippen MR) is 106 cm³/mol. The minimum atomic E-state index is -3.65. The van der Waals surface area contributed by atoms with Gasteiger partial charge in [0.25, 0.3) is 0 Å². The summed E-state index contributed by atoms with van der Waals surface area (Å²) in [6.45, 7) is 1.27. The van der Waals surface area contributed by atoms with E-state index in [0.29, 0.717) is 31.3 Å². The van der Waals surface area contributed by atoms with Crippen molar-refractivity contribution in [3.63, 3.8) is 0 Å². The molecular formula is C21H25NO5S. The quantitative estimate of drug-likeness (QED) is 0.801. The Balaban J connectivity index is 1.55. The first-order valence-corrected chi connectivity index (χ1v) is 11.0. The lowest BCUT2D eigenvalue weighted by Gasteiger charge is -2.30. The zero-order valence-corrected chi connectivity index (χ0v) is 16.8. The van der Waals surface area contributed by atoms with Gasteiger partial charge in [-0.2, -0.15) is 0 Å². The van der Waals surface area contributed by atoms with Gasteiger partial charge in [-0.1, -0.05) is 25.0 Å². The Hall–Kier alpha value is -2.25. The minimum absolute atomic E-state index is 0.187. The molecule has 1 fully saturated rings. The van der Waals surface area contributed by atoms with Crippen molar-refractivity contribution < 1.29 is 22.6 Å². The van der Waals surface area contributed by atoms with Crippen LogP contribution in [0.5, 0.6) is 17.2 Å². The summed E-state index contributed by atoms with van der Waals surface area (Å²) in [5, 5.41) is 0. The van der Waals surface area contributed by atoms with Crippen LogP contribution < -0.4 is 18.9 Å². The number of fused-ring (bicyclic) bond motifs is 1. The SMILES string of the molecule is COc1ccc(C2(CNS(=O)(=O)c3ccc4c(c3)OCCO4)CCCC2)cc1. The Morgan fingerprint density at radius 3 is 2.36 bits per heavy atom. The molecule has 4 rings (SSSR count). The average molecular weight is 404 g/mol. The van der Waals surface area contributed by atoms with Gasteiger partial charge in [0.05, 0.1) is 12.0 Å². The van der Waals surface area contributed by atoms with E-state index in [1.54, 1.807) is 19.2 Å². The van der Waals surface area contributed by atoms with Crippen molar-refractivity contribution in [3.8, 4) is 17.2 Å². The van der Waals surface area contributed by atoms with Gasteiger partial charge in [0.1, 0.15) is 19.0 Å². The van der Waals surface area contributed by atoms with E-state index in [0.717, 1.165) is 37.0 Å². The lowest BCUT2D eigenvalue weighted by molar-refractivity contribution is 0.171. The van der Waals surface area contributed by atoms with Crippen LogP contribution in [0.25, 0.3) is 0 Å². The van der Waals surface area contributed by atoms with Crippen molar-refractivity contribution in [3.05, 3.63) is 48.0 Å². The fraction of sp³-hybridized carbons (Fsp3) is 0.429. The highest BCUT2D eigenvalue weighted by molar-refractivity contribution is 7.89. The van der Waals surface area contributed by atoms with E-state index in [1.165, 1.54) is 6.07 Å². The third-order valence-corrected chi connectivity index (χ3v) is 7.09. The first-order valence-electron chi connectivity index (χ1n) is 9.56. The van der Waals surface area contributed by atoms with Crippen LogP contribution >= 0.6 is 0 Å². The highest BCUT2D eigenvalue weighted by atomic mass is 32.2. The standard InChI is InChI=1S/C21H25NO5S/c1-25-17-6-4-16(5-7-17)21(10-2-3-11-21)15-22-28(23,24)18-8-9-19-20(14-18)27-13-12-26-19/h4-9,14,22H,2-3,10-13,15H2,1H3. The van der Waals surface area contributed by atoms with Gasteiger partial charge >= 0.3 is 0 Å². The molecule has 1 heterocycles. The van der Waals surface area contributed by atoms with E-state index in [9.17, 15) is 8.42 Å². The Morgan fingerprint density at radius 2 is 1.68 bits per heavy atom. The van der Waals surface area contributed by atoms with Crippen LogP contribution in [0.3, 0.4) is 0 Å². The molecule has 0 saturated heterocycles. The molecule has 28 heavy (non-hydrogen) atoms. The Bertz CT molecular complexity index is 934. The maximum Gasteiger partial charge on any atom is 0.240 e. The van der Waals surface area contributed by atoms with Crippen molar-refractivity contribution in [2.45, 2.75) is 36.0 Å². The Morgan fingerprint density at radius 1 is 1.00 bits per heavy atom. The molecule has 1 N–H and O–H groups in total. The lowest BCUT2D eigenvalue weighted by Crippen LogP contribution is -2.39. The van der Waals surface area contributed by atoms with E-state index in [4.69, 9.17) is 14.2 Å². The number of methoxy groups -OCH3 is 1. The second kappa shape index (κ2) is 7.64. The monoisotopic (exact) mass is 403 g/mol. The molecule has 1 aliphatic heterocycles. The number of nitrogens with one attached hydrogen (secondary N) is 1. The Kier molecular flexibility index (Phi) is 5.21. The van der Waals surface area contributed by atoms with Crippen LogP contribution in [-0.2, 0) is 15.4 Å². The molecule has 2 aromatic carbocycles. The van der Waals surface area contributed by atoms with Crippen LogP contribution in [0.1, 0.15) is 31.2 Å². The predicted octanol–water partition coefficient (Wildman–Crippen LogP) is 3.26. The van der Waals surface area contributed by atoms with E-state index < -0.39 is 10.0 Å². The molecule has 2 aliphatic rings. The zero-order valence-electron chi connectivity index (χ0n) is 15.9. The lowest BCUT2D eigenvalue weighted by atomic mass is 9.79. The highest BCUT2D eigenvalue weighted by Crippen LogP contribution is 2.41. The van der Waals surface area contributed by atoms with Crippen LogP contribution in [0.15, 0.2) is 47.4 Å². The third kappa shape index (κ3) is 3.69. The molecule has 1 saturated carbocycles. The second-order valence-corrected chi connectivity index (χ2v) is 9.11. The summed E-state index contributed by atoms with van der Waals surface area (Å²) in [7, 11) is -2.01. The molecular weight excluding hydrogens is 378 g/mol. The van der Waals surface area contributed by atoms with E-state index in [-0.39, 0.29) is 10.3 Å². The van der Waals surface area contributed by atoms with Crippen molar-refractivity contribution in [2.75, 3.05) is 26.9 Å². The molecule has 1 aliphatic carbocycles. The first kappa shape index (κ1) is 19.1. The number of ether oxygens (including phenoxy) is 3. The van der Waals surface area contributed by atoms with Gasteiger partial charge in [-0.15, -0.1) is 0 Å². The van der Waals surface area contributed by atoms with E-state index in [1.807, 2.05) is 24.3 Å². The molecule has 150 valence electrons. The first-order chi connectivity index (χ1) is 13.5. The summed E-state index contributed by atoms with van der Waals surface area (Å²) < 4.78 is 44.9. The maximum atomic E-state index is 12.9. The van der Waals surface area contributed by atoms with Crippen molar-refractivity contribution >= 4 is 10.0 Å². The summed E-state index contributed by atoms with van der Waals surface area (Å²) in [6.07, 6.45) is 4.11. The summed E-state index contributed by atoms with van der Waals surface area (Å²) in [4.78, 5) is 0.194. The smallest absolute Gasteiger partial charge is 0.240 e. The van der Waals surface area contributed by atoms with Gasteiger partial charge in [-0.05, 0) is 42.7 Å². The highest BCUT2D eigenvalue weighted by Gasteiger charge is 2.37. The summed E-state index contributed by atoms with van der Waals surface area (Å²) in [6, 6.07) is 12.7. The van der Waals surface area contributed by atoms with Gasteiger partial charge in [0.15, 0.2) is 11.5 Å². The van der Waals surface area contributed by atoms with Gasteiger partial charge in [0.2, 0.25) is 10.0 Å². The minimum Gasteiger partial charge on any atom is -0.497 e. The Labute approximate surface area is 165 Å². The molecule has 0 unspecified atom stereocenters. The number of hydrogen-bond donors (Lipinski definition) is 1. The summed E-state index contributed by atoms with van der Waals surface area (Å²) >= 11 is 0. The fourth-order valence-electron chi connectivity index (χ4n) is 4.07. The molecule has 0 atom stereocenters. The second-order valence-electron chi connectivity index (χ2n) is 7.35. The molecule has 0 amide bonds. The zero-order chi connectivity index (χ0) is 19.6. The van der Waals surface area contributed by atoms with Crippen LogP contribution in [0.4, 0.5) is 0 Å². The fourth-order valence-corrected chi connectivity index (χ4v) is 5.21. The van der Waals surface area contributed by atoms with Gasteiger partial charge in [-0.25, -0.2) is 13.1 Å². The molecule has 2 aromatic rings. The van der Waals surface area contributed by atoms with Gasteiger partial charge in [-0.3, -0.25) is 0 Å². The van der Waals surface area contributed by atoms with Crippen molar-refractivity contribution in [1.82, 2.24) is 4.72 Å². The van der Waals surface area contributed by atoms with Crippen molar-refractivity contribution in [1.29, 1.82) is 0 Å².